The first-order valence-electron chi connectivity index (χ1n) is 11.5. The predicted molar refractivity (Wildman–Crippen MR) is 113 cm³/mol. The first-order chi connectivity index (χ1) is 13.7. The van der Waals surface area contributed by atoms with Crippen molar-refractivity contribution in [2.24, 2.45) is 0 Å². The van der Waals surface area contributed by atoms with Crippen LogP contribution in [0.4, 0.5) is 0 Å². The van der Waals surface area contributed by atoms with E-state index in [1.807, 2.05) is 6.08 Å². The largest absolute Gasteiger partial charge is 0.394 e. The van der Waals surface area contributed by atoms with Crippen LogP contribution >= 0.6 is 0 Å². The molecule has 166 valence electrons. The van der Waals surface area contributed by atoms with E-state index in [1.165, 1.54) is 70.6 Å². The second kappa shape index (κ2) is 17.4. The molecule has 0 spiro atoms. The molecule has 1 rings (SSSR count). The fourth-order valence-corrected chi connectivity index (χ4v) is 3.73. The van der Waals surface area contributed by atoms with E-state index >= 15 is 0 Å². The highest BCUT2D eigenvalue weighted by molar-refractivity contribution is 4.87. The smallest absolute Gasteiger partial charge is 0.111 e. The van der Waals surface area contributed by atoms with Gasteiger partial charge in [-0.3, -0.25) is 0 Å². The minimum absolute atomic E-state index is 0.221. The monoisotopic (exact) mass is 400 g/mol. The van der Waals surface area contributed by atoms with Crippen LogP contribution in [0, 0.1) is 0 Å². The average molecular weight is 401 g/mol. The van der Waals surface area contributed by atoms with E-state index in [2.05, 4.69) is 6.58 Å². The first kappa shape index (κ1) is 25.6. The molecule has 1 heterocycles. The van der Waals surface area contributed by atoms with Crippen molar-refractivity contribution < 1.29 is 24.8 Å². The molecular formula is C23H44O5. The number of aliphatic hydroxyl groups excluding tert-OH is 3. The summed E-state index contributed by atoms with van der Waals surface area (Å²) < 4.78 is 11.0. The van der Waals surface area contributed by atoms with Crippen LogP contribution in [0.2, 0.25) is 0 Å². The van der Waals surface area contributed by atoms with Crippen molar-refractivity contribution in [2.45, 2.75) is 114 Å². The summed E-state index contributed by atoms with van der Waals surface area (Å²) in [4.78, 5) is 0. The van der Waals surface area contributed by atoms with Crippen molar-refractivity contribution in [2.75, 3.05) is 19.8 Å². The summed E-state index contributed by atoms with van der Waals surface area (Å²) in [7, 11) is 0. The summed E-state index contributed by atoms with van der Waals surface area (Å²) in [5.74, 6) is 0. The summed E-state index contributed by atoms with van der Waals surface area (Å²) in [6.45, 7) is 4.27. The Morgan fingerprint density at radius 2 is 1.29 bits per heavy atom. The molecule has 0 aromatic heterocycles. The van der Waals surface area contributed by atoms with Crippen LogP contribution in [0.1, 0.15) is 89.9 Å². The number of ether oxygens (including phenoxy) is 2. The molecule has 5 nitrogen and oxygen atoms in total. The molecule has 0 aromatic rings. The van der Waals surface area contributed by atoms with Crippen molar-refractivity contribution in [1.29, 1.82) is 0 Å². The number of allylic oxidation sites excluding steroid dienone is 1. The molecule has 0 aliphatic carbocycles. The van der Waals surface area contributed by atoms with Gasteiger partial charge in [-0.15, -0.1) is 6.58 Å². The van der Waals surface area contributed by atoms with Gasteiger partial charge in [-0.1, -0.05) is 76.7 Å². The number of unbranched alkanes of at least 4 members (excludes halogenated alkanes) is 13. The molecule has 0 saturated carbocycles. The van der Waals surface area contributed by atoms with E-state index in [0.717, 1.165) is 19.3 Å². The standard InChI is InChI=1S/C23H44O5/c1-2-3-4-5-6-7-8-9-10-11-12-13-14-15-16-17-27-21-19-28-20(18-24)22(25)23(21)26/h2,20-26H,1,3-19H2/t20-,21+,22-,23-/m1/s1. The van der Waals surface area contributed by atoms with Gasteiger partial charge in [0.2, 0.25) is 0 Å². The van der Waals surface area contributed by atoms with Crippen molar-refractivity contribution in [3.8, 4) is 0 Å². The van der Waals surface area contributed by atoms with Crippen molar-refractivity contribution in [1.82, 2.24) is 0 Å². The van der Waals surface area contributed by atoms with E-state index < -0.39 is 24.4 Å². The van der Waals surface area contributed by atoms with Gasteiger partial charge in [0, 0.05) is 6.61 Å². The minimum atomic E-state index is -1.08. The van der Waals surface area contributed by atoms with Gasteiger partial charge in [0.05, 0.1) is 13.2 Å². The van der Waals surface area contributed by atoms with Gasteiger partial charge in [0.25, 0.3) is 0 Å². The second-order valence-electron chi connectivity index (χ2n) is 8.12. The zero-order valence-electron chi connectivity index (χ0n) is 17.8. The Kier molecular flexibility index (Phi) is 15.9. The Labute approximate surface area is 172 Å². The number of aliphatic hydroxyl groups is 3. The normalized spacial score (nSPS) is 25.1. The fraction of sp³-hybridized carbons (Fsp3) is 0.913. The molecule has 3 N–H and O–H groups in total. The van der Waals surface area contributed by atoms with Gasteiger partial charge in [-0.05, 0) is 19.3 Å². The minimum Gasteiger partial charge on any atom is -0.394 e. The van der Waals surface area contributed by atoms with Crippen LogP contribution in [0.25, 0.3) is 0 Å². The summed E-state index contributed by atoms with van der Waals surface area (Å²) in [6, 6.07) is 0. The highest BCUT2D eigenvalue weighted by atomic mass is 16.6. The topological polar surface area (TPSA) is 79.2 Å². The molecule has 1 aliphatic heterocycles. The second-order valence-corrected chi connectivity index (χ2v) is 8.12. The molecule has 0 amide bonds. The summed E-state index contributed by atoms with van der Waals surface area (Å²) in [5.41, 5.74) is 0. The number of rotatable bonds is 18. The van der Waals surface area contributed by atoms with Gasteiger partial charge in [-0.25, -0.2) is 0 Å². The maximum Gasteiger partial charge on any atom is 0.111 e. The Hall–Kier alpha value is -0.460. The maximum absolute atomic E-state index is 9.99. The molecule has 5 heteroatoms. The molecule has 1 fully saturated rings. The molecule has 0 radical (unpaired) electrons. The van der Waals surface area contributed by atoms with Gasteiger partial charge in [0.15, 0.2) is 0 Å². The highest BCUT2D eigenvalue weighted by Crippen LogP contribution is 2.18. The van der Waals surface area contributed by atoms with Crippen LogP contribution in [0.5, 0.6) is 0 Å². The molecule has 0 bridgehead atoms. The number of hydrogen-bond acceptors (Lipinski definition) is 5. The predicted octanol–water partition coefficient (Wildman–Crippen LogP) is 4.13. The quantitative estimate of drug-likeness (QED) is 0.238. The van der Waals surface area contributed by atoms with Crippen LogP contribution in [0.15, 0.2) is 12.7 Å². The van der Waals surface area contributed by atoms with Gasteiger partial charge >= 0.3 is 0 Å². The van der Waals surface area contributed by atoms with Gasteiger partial charge in [0.1, 0.15) is 24.4 Å². The van der Waals surface area contributed by atoms with E-state index in [-0.39, 0.29) is 13.2 Å². The van der Waals surface area contributed by atoms with Crippen LogP contribution in [-0.2, 0) is 9.47 Å². The molecule has 0 unspecified atom stereocenters. The lowest BCUT2D eigenvalue weighted by atomic mass is 10.0. The summed E-state index contributed by atoms with van der Waals surface area (Å²) >= 11 is 0. The van der Waals surface area contributed by atoms with Crippen molar-refractivity contribution in [3.05, 3.63) is 12.7 Å². The lowest BCUT2D eigenvalue weighted by Gasteiger charge is -2.36. The van der Waals surface area contributed by atoms with Crippen molar-refractivity contribution in [3.63, 3.8) is 0 Å². The van der Waals surface area contributed by atoms with Crippen LogP contribution in [-0.4, -0.2) is 59.6 Å². The molecular weight excluding hydrogens is 356 g/mol. The Bertz CT molecular complexity index is 363. The lowest BCUT2D eigenvalue weighted by molar-refractivity contribution is -0.208. The Morgan fingerprint density at radius 1 is 0.786 bits per heavy atom. The van der Waals surface area contributed by atoms with E-state index in [0.29, 0.717) is 6.61 Å². The van der Waals surface area contributed by atoms with Crippen LogP contribution < -0.4 is 0 Å². The summed E-state index contributed by atoms with van der Waals surface area (Å²) in [6.07, 6.45) is 16.7. The molecule has 1 aliphatic rings. The number of hydrogen-bond donors (Lipinski definition) is 3. The van der Waals surface area contributed by atoms with Gasteiger partial charge in [-0.2, -0.15) is 0 Å². The van der Waals surface area contributed by atoms with Crippen molar-refractivity contribution >= 4 is 0 Å². The first-order valence-corrected chi connectivity index (χ1v) is 11.5. The molecule has 4 atom stereocenters. The lowest BCUT2D eigenvalue weighted by Crippen LogP contribution is -2.55. The zero-order valence-corrected chi connectivity index (χ0v) is 17.8. The average Bonchev–Trinajstić information content (AvgIpc) is 2.70. The van der Waals surface area contributed by atoms with Gasteiger partial charge < -0.3 is 24.8 Å². The molecule has 1 saturated heterocycles. The zero-order chi connectivity index (χ0) is 20.5. The third-order valence-electron chi connectivity index (χ3n) is 5.65. The maximum atomic E-state index is 9.99. The SMILES string of the molecule is C=CCCCCCCCCCCCCCCCO[C@H]1CO[C@H](CO)[C@@H](O)[C@@H]1O. The fourth-order valence-electron chi connectivity index (χ4n) is 3.73. The summed E-state index contributed by atoms with van der Waals surface area (Å²) in [5, 5.41) is 28.9. The third-order valence-corrected chi connectivity index (χ3v) is 5.65. The molecule has 0 aromatic carbocycles. The van der Waals surface area contributed by atoms with E-state index in [1.54, 1.807) is 0 Å². The Balaban J connectivity index is 1.82. The third kappa shape index (κ3) is 11.5. The highest BCUT2D eigenvalue weighted by Gasteiger charge is 2.38. The van der Waals surface area contributed by atoms with E-state index in [4.69, 9.17) is 14.6 Å². The van der Waals surface area contributed by atoms with Crippen LogP contribution in [0.3, 0.4) is 0 Å². The molecule has 28 heavy (non-hydrogen) atoms. The Morgan fingerprint density at radius 3 is 1.79 bits per heavy atom. The van der Waals surface area contributed by atoms with E-state index in [9.17, 15) is 10.2 Å².